The van der Waals surface area contributed by atoms with Gasteiger partial charge < -0.3 is 14.5 Å². The third kappa shape index (κ3) is 6.78. The summed E-state index contributed by atoms with van der Waals surface area (Å²) < 4.78 is 5.61. The minimum Gasteiger partial charge on any atom is -0.444 e. The Hall–Kier alpha value is -1.96. The Morgan fingerprint density at radius 1 is 1.06 bits per heavy atom. The number of anilines is 1. The number of rotatable bonds is 4. The first-order valence-electron chi connectivity index (χ1n) is 11.3. The van der Waals surface area contributed by atoms with Crippen molar-refractivity contribution in [3.63, 3.8) is 0 Å². The predicted molar refractivity (Wildman–Crippen MR) is 133 cm³/mol. The number of piperazine rings is 2. The number of hydrogen-bond donors (Lipinski definition) is 0. The third-order valence-corrected chi connectivity index (χ3v) is 6.47. The molecule has 2 fully saturated rings. The van der Waals surface area contributed by atoms with Crippen LogP contribution in [0.2, 0.25) is 10.0 Å². The van der Waals surface area contributed by atoms with Gasteiger partial charge in [-0.25, -0.2) is 4.79 Å². The summed E-state index contributed by atoms with van der Waals surface area (Å²) in [6.07, 6.45) is -0.440. The lowest BCUT2D eigenvalue weighted by molar-refractivity contribution is -0.139. The fraction of sp³-hybridized carbons (Fsp3) is 0.583. The second kappa shape index (κ2) is 10.5. The first-order valence-corrected chi connectivity index (χ1v) is 12.1. The first-order chi connectivity index (χ1) is 15.4. The first kappa shape index (κ1) is 25.7. The molecule has 1 aromatic carbocycles. The number of hydrogen-bond acceptors (Lipinski definition) is 5. The number of amides is 2. The highest BCUT2D eigenvalue weighted by molar-refractivity contribution is 6.42. The normalized spacial score (nSPS) is 20.1. The second-order valence-corrected chi connectivity index (χ2v) is 10.6. The zero-order valence-corrected chi connectivity index (χ0v) is 21.5. The minimum absolute atomic E-state index is 0.0407. The summed E-state index contributed by atoms with van der Waals surface area (Å²) in [6.45, 7) is 16.3. The molecular formula is C24H34Cl2N4O3. The summed E-state index contributed by atoms with van der Waals surface area (Å²) in [5.74, 6) is -0.0407. The molecule has 7 nitrogen and oxygen atoms in total. The van der Waals surface area contributed by atoms with Crippen LogP contribution < -0.4 is 4.90 Å². The van der Waals surface area contributed by atoms with E-state index in [2.05, 4.69) is 16.4 Å². The lowest BCUT2D eigenvalue weighted by Crippen LogP contribution is -2.63. The number of carbonyl (C=O) groups is 2. The maximum absolute atomic E-state index is 13.6. The molecule has 2 heterocycles. The number of ether oxygens (including phenoxy) is 1. The summed E-state index contributed by atoms with van der Waals surface area (Å²) in [6, 6.07) is 4.99. The van der Waals surface area contributed by atoms with Gasteiger partial charge in [0.25, 0.3) is 0 Å². The van der Waals surface area contributed by atoms with Crippen LogP contribution in [-0.4, -0.2) is 90.7 Å². The van der Waals surface area contributed by atoms with E-state index in [1.54, 1.807) is 11.0 Å². The zero-order valence-electron chi connectivity index (χ0n) is 19.9. The number of nitrogens with zero attached hydrogens (tertiary/aromatic N) is 4. The molecule has 3 rings (SSSR count). The summed E-state index contributed by atoms with van der Waals surface area (Å²) in [5.41, 5.74) is 1.39. The van der Waals surface area contributed by atoms with Gasteiger partial charge in [-0.3, -0.25) is 14.6 Å². The number of carbonyl (C=O) groups excluding carboxylic acids is 2. The number of halogens is 2. The molecule has 0 bridgehead atoms. The van der Waals surface area contributed by atoms with Crippen molar-refractivity contribution < 1.29 is 14.3 Å². The van der Waals surface area contributed by atoms with Gasteiger partial charge in [-0.05, 0) is 45.9 Å². The molecule has 33 heavy (non-hydrogen) atoms. The molecule has 2 amide bonds. The molecule has 1 aromatic rings. The highest BCUT2D eigenvalue weighted by Crippen LogP contribution is 2.28. The smallest absolute Gasteiger partial charge is 0.411 e. The lowest BCUT2D eigenvalue weighted by atomic mass is 10.1. The van der Waals surface area contributed by atoms with Crippen molar-refractivity contribution in [2.24, 2.45) is 0 Å². The van der Waals surface area contributed by atoms with Crippen molar-refractivity contribution in [3.8, 4) is 0 Å². The molecule has 0 unspecified atom stereocenters. The Balaban J connectivity index is 1.70. The highest BCUT2D eigenvalue weighted by Gasteiger charge is 2.40. The molecule has 2 aliphatic heterocycles. The van der Waals surface area contributed by atoms with Crippen LogP contribution in [0.25, 0.3) is 0 Å². The molecule has 0 aliphatic carbocycles. The van der Waals surface area contributed by atoms with Crippen molar-refractivity contribution in [3.05, 3.63) is 40.4 Å². The molecule has 2 aliphatic rings. The largest absolute Gasteiger partial charge is 0.444 e. The Morgan fingerprint density at radius 3 is 2.30 bits per heavy atom. The van der Waals surface area contributed by atoms with Crippen LogP contribution in [0.4, 0.5) is 10.5 Å². The van der Waals surface area contributed by atoms with Crippen LogP contribution in [0, 0.1) is 0 Å². The Bertz CT molecular complexity index is 894. The summed E-state index contributed by atoms with van der Waals surface area (Å²) >= 11 is 12.2. The molecule has 0 saturated carbocycles. The Morgan fingerprint density at radius 2 is 1.73 bits per heavy atom. The van der Waals surface area contributed by atoms with Gasteiger partial charge in [-0.2, -0.15) is 0 Å². The van der Waals surface area contributed by atoms with E-state index in [1.807, 2.05) is 44.7 Å². The van der Waals surface area contributed by atoms with Gasteiger partial charge in [0, 0.05) is 58.0 Å². The molecule has 1 atom stereocenters. The number of benzene rings is 1. The fourth-order valence-electron chi connectivity index (χ4n) is 4.19. The van der Waals surface area contributed by atoms with Crippen molar-refractivity contribution in [1.82, 2.24) is 14.7 Å². The van der Waals surface area contributed by atoms with E-state index in [-0.39, 0.29) is 5.91 Å². The van der Waals surface area contributed by atoms with E-state index in [9.17, 15) is 9.59 Å². The van der Waals surface area contributed by atoms with E-state index in [4.69, 9.17) is 27.9 Å². The average molecular weight is 497 g/mol. The van der Waals surface area contributed by atoms with Crippen LogP contribution in [0.3, 0.4) is 0 Å². The topological polar surface area (TPSA) is 56.3 Å². The fourth-order valence-corrected chi connectivity index (χ4v) is 4.49. The van der Waals surface area contributed by atoms with Gasteiger partial charge >= 0.3 is 6.09 Å². The monoisotopic (exact) mass is 496 g/mol. The lowest BCUT2D eigenvalue weighted by Gasteiger charge is -2.44. The van der Waals surface area contributed by atoms with Crippen LogP contribution in [0.15, 0.2) is 30.4 Å². The quantitative estimate of drug-likeness (QED) is 0.586. The van der Waals surface area contributed by atoms with Crippen molar-refractivity contribution in [2.75, 3.05) is 57.3 Å². The Labute approximate surface area is 206 Å². The van der Waals surface area contributed by atoms with Crippen LogP contribution in [0.5, 0.6) is 0 Å². The van der Waals surface area contributed by atoms with Crippen LogP contribution in [0.1, 0.15) is 27.7 Å². The van der Waals surface area contributed by atoms with Gasteiger partial charge in [0.2, 0.25) is 5.91 Å². The molecule has 2 saturated heterocycles. The highest BCUT2D eigenvalue weighted by atomic mass is 35.5. The molecule has 182 valence electrons. The van der Waals surface area contributed by atoms with Gasteiger partial charge in [0.1, 0.15) is 11.6 Å². The molecular weight excluding hydrogens is 463 g/mol. The van der Waals surface area contributed by atoms with E-state index in [0.29, 0.717) is 62.4 Å². The Kier molecular flexibility index (Phi) is 8.19. The SMILES string of the molecule is C=C(C)CN1CCN(C(=O)OC(C)(C)C)[C@@H](C(=O)N2CCN(c3ccc(Cl)c(Cl)c3)CC2)C1. The van der Waals surface area contributed by atoms with Crippen molar-refractivity contribution in [2.45, 2.75) is 39.3 Å². The van der Waals surface area contributed by atoms with E-state index < -0.39 is 17.7 Å². The van der Waals surface area contributed by atoms with E-state index in [0.717, 1.165) is 11.3 Å². The second-order valence-electron chi connectivity index (χ2n) is 9.79. The predicted octanol–water partition coefficient (Wildman–Crippen LogP) is 4.14. The summed E-state index contributed by atoms with van der Waals surface area (Å²) in [5, 5.41) is 1.04. The van der Waals surface area contributed by atoms with Crippen molar-refractivity contribution in [1.29, 1.82) is 0 Å². The summed E-state index contributed by atoms with van der Waals surface area (Å²) in [4.78, 5) is 34.3. The van der Waals surface area contributed by atoms with Gasteiger partial charge in [0.15, 0.2) is 0 Å². The minimum atomic E-state index is -0.620. The molecule has 9 heteroatoms. The molecule has 0 radical (unpaired) electrons. The standard InChI is InChI=1S/C24H34Cl2N4O3/c1-17(2)15-27-8-13-30(23(32)33-24(3,4)5)21(16-27)22(31)29-11-9-28(10-12-29)18-6-7-19(25)20(26)14-18/h6-7,14,21H,1,8-13,15-16H2,2-5H3/t21-/m1/s1. The third-order valence-electron chi connectivity index (χ3n) is 5.73. The van der Waals surface area contributed by atoms with E-state index in [1.165, 1.54) is 0 Å². The molecule has 0 N–H and O–H groups in total. The van der Waals surface area contributed by atoms with Crippen LogP contribution in [-0.2, 0) is 9.53 Å². The molecule has 0 spiro atoms. The van der Waals surface area contributed by atoms with Gasteiger partial charge in [-0.1, -0.05) is 35.4 Å². The average Bonchev–Trinajstić information content (AvgIpc) is 2.73. The maximum Gasteiger partial charge on any atom is 0.411 e. The van der Waals surface area contributed by atoms with Gasteiger partial charge in [0.05, 0.1) is 10.0 Å². The maximum atomic E-state index is 13.6. The van der Waals surface area contributed by atoms with Crippen LogP contribution >= 0.6 is 23.2 Å². The summed E-state index contributed by atoms with van der Waals surface area (Å²) in [7, 11) is 0. The van der Waals surface area contributed by atoms with Crippen molar-refractivity contribution >= 4 is 40.9 Å². The van der Waals surface area contributed by atoms with Gasteiger partial charge in [-0.15, -0.1) is 0 Å². The zero-order chi connectivity index (χ0) is 24.3. The molecule has 0 aromatic heterocycles. The van der Waals surface area contributed by atoms with E-state index >= 15 is 0 Å².